The molecule has 1 fully saturated rings. The Morgan fingerprint density at radius 1 is 1.30 bits per heavy atom. The predicted octanol–water partition coefficient (Wildman–Crippen LogP) is 2.58. The normalized spacial score (nSPS) is 28.9. The molecule has 1 saturated heterocycles. The van der Waals surface area contributed by atoms with E-state index in [0.29, 0.717) is 18.4 Å². The van der Waals surface area contributed by atoms with Crippen molar-refractivity contribution in [3.8, 4) is 5.75 Å². The lowest BCUT2D eigenvalue weighted by molar-refractivity contribution is 0.0816. The molecule has 2 aliphatic rings. The Morgan fingerprint density at radius 3 is 3.05 bits per heavy atom. The Hall–Kier alpha value is -1.32. The predicted molar refractivity (Wildman–Crippen MR) is 77.8 cm³/mol. The third-order valence-electron chi connectivity index (χ3n) is 4.55. The first kappa shape index (κ1) is 13.7. The van der Waals surface area contributed by atoms with Crippen LogP contribution < -0.4 is 4.74 Å². The number of ether oxygens (including phenoxy) is 2. The number of hydrogen-bond donors (Lipinski definition) is 1. The van der Waals surface area contributed by atoms with E-state index in [9.17, 15) is 5.11 Å². The van der Waals surface area contributed by atoms with Crippen LogP contribution in [-0.2, 0) is 11.2 Å². The number of hydrogen-bond acceptors (Lipinski definition) is 3. The van der Waals surface area contributed by atoms with Gasteiger partial charge in [-0.25, -0.2) is 0 Å². The van der Waals surface area contributed by atoms with Crippen LogP contribution in [0.1, 0.15) is 18.4 Å². The Kier molecular flexibility index (Phi) is 4.08. The highest BCUT2D eigenvalue weighted by Gasteiger charge is 2.37. The van der Waals surface area contributed by atoms with E-state index >= 15 is 0 Å². The second kappa shape index (κ2) is 5.98. The van der Waals surface area contributed by atoms with Gasteiger partial charge in [0.1, 0.15) is 5.75 Å². The molecule has 1 aliphatic heterocycles. The van der Waals surface area contributed by atoms with Crippen LogP contribution in [0.2, 0.25) is 0 Å². The topological polar surface area (TPSA) is 38.7 Å². The maximum absolute atomic E-state index is 10.0. The smallest absolute Gasteiger partial charge is 0.119 e. The molecule has 1 heterocycles. The first-order valence-corrected chi connectivity index (χ1v) is 7.35. The molecular formula is C17H22O3. The molecule has 3 atom stereocenters. The van der Waals surface area contributed by atoms with Crippen molar-refractivity contribution in [2.75, 3.05) is 20.3 Å². The van der Waals surface area contributed by atoms with E-state index in [4.69, 9.17) is 9.47 Å². The molecule has 0 unspecified atom stereocenters. The van der Waals surface area contributed by atoms with E-state index in [1.165, 1.54) is 11.1 Å². The van der Waals surface area contributed by atoms with Crippen molar-refractivity contribution < 1.29 is 14.6 Å². The zero-order valence-electron chi connectivity index (χ0n) is 11.9. The summed E-state index contributed by atoms with van der Waals surface area (Å²) in [5, 5.41) is 10.0. The Balaban J connectivity index is 1.65. The van der Waals surface area contributed by atoms with Gasteiger partial charge in [-0.2, -0.15) is 0 Å². The molecule has 3 heteroatoms. The van der Waals surface area contributed by atoms with Crippen LogP contribution in [0.15, 0.2) is 35.9 Å². The van der Waals surface area contributed by atoms with Crippen molar-refractivity contribution in [1.82, 2.24) is 0 Å². The summed E-state index contributed by atoms with van der Waals surface area (Å²) in [6, 6.07) is 8.25. The molecule has 0 bridgehead atoms. The lowest BCUT2D eigenvalue weighted by atomic mass is 9.77. The lowest BCUT2D eigenvalue weighted by Gasteiger charge is -2.29. The highest BCUT2D eigenvalue weighted by molar-refractivity contribution is 5.29. The fraction of sp³-hybridized carbons (Fsp3) is 0.529. The molecular weight excluding hydrogens is 252 g/mol. The van der Waals surface area contributed by atoms with Crippen LogP contribution in [-0.4, -0.2) is 31.5 Å². The van der Waals surface area contributed by atoms with Gasteiger partial charge in [0.2, 0.25) is 0 Å². The van der Waals surface area contributed by atoms with Gasteiger partial charge in [-0.1, -0.05) is 23.8 Å². The van der Waals surface area contributed by atoms with E-state index in [-0.39, 0.29) is 6.10 Å². The first-order chi connectivity index (χ1) is 9.78. The molecule has 1 aliphatic carbocycles. The Morgan fingerprint density at radius 2 is 2.20 bits per heavy atom. The van der Waals surface area contributed by atoms with Crippen LogP contribution in [0.3, 0.4) is 0 Å². The van der Waals surface area contributed by atoms with Gasteiger partial charge < -0.3 is 14.6 Å². The van der Waals surface area contributed by atoms with Crippen LogP contribution in [0.25, 0.3) is 0 Å². The summed E-state index contributed by atoms with van der Waals surface area (Å²) in [6.45, 7) is 1.48. The van der Waals surface area contributed by atoms with Crippen molar-refractivity contribution in [2.45, 2.75) is 25.4 Å². The van der Waals surface area contributed by atoms with Gasteiger partial charge in [-0.05, 0) is 37.0 Å². The number of fused-ring (bicyclic) bond motifs is 1. The summed E-state index contributed by atoms with van der Waals surface area (Å²) in [5.74, 6) is 1.64. The van der Waals surface area contributed by atoms with Crippen molar-refractivity contribution in [2.24, 2.45) is 11.8 Å². The maximum Gasteiger partial charge on any atom is 0.119 e. The van der Waals surface area contributed by atoms with Crippen molar-refractivity contribution in [3.05, 3.63) is 41.5 Å². The number of aliphatic hydroxyl groups is 1. The largest absolute Gasteiger partial charge is 0.497 e. The van der Waals surface area contributed by atoms with Gasteiger partial charge >= 0.3 is 0 Å². The van der Waals surface area contributed by atoms with Crippen LogP contribution in [0.4, 0.5) is 0 Å². The number of aryl methyl sites for hydroxylation is 1. The lowest BCUT2D eigenvalue weighted by Crippen LogP contribution is -2.31. The van der Waals surface area contributed by atoms with E-state index < -0.39 is 0 Å². The fourth-order valence-corrected chi connectivity index (χ4v) is 3.33. The summed E-state index contributed by atoms with van der Waals surface area (Å²) in [5.41, 5.74) is 2.76. The standard InChI is InChI=1S/C17H22O3/c1-19-14-4-2-3-12(9-14)5-6-13-7-8-17(18)16-11-20-10-15(13)16/h2-4,7,9,15-18H,5-6,8,10-11H2,1H3/t15-,16-,17-/m1/s1. The van der Waals surface area contributed by atoms with Crippen molar-refractivity contribution >= 4 is 0 Å². The van der Waals surface area contributed by atoms with Gasteiger partial charge in [0.15, 0.2) is 0 Å². The molecule has 108 valence electrons. The number of methoxy groups -OCH3 is 1. The Labute approximate surface area is 120 Å². The van der Waals surface area contributed by atoms with Crippen molar-refractivity contribution in [3.63, 3.8) is 0 Å². The SMILES string of the molecule is COc1cccc(CCC2=CC[C@@H](O)[C@@H]3COC[C@H]23)c1. The molecule has 0 radical (unpaired) electrons. The molecule has 3 rings (SSSR count). The minimum Gasteiger partial charge on any atom is -0.497 e. The first-order valence-electron chi connectivity index (χ1n) is 7.35. The van der Waals surface area contributed by atoms with Gasteiger partial charge in [0, 0.05) is 11.8 Å². The number of benzene rings is 1. The molecule has 20 heavy (non-hydrogen) atoms. The molecule has 0 amide bonds. The molecule has 0 spiro atoms. The third kappa shape index (κ3) is 2.74. The summed E-state index contributed by atoms with van der Waals surface area (Å²) >= 11 is 0. The number of rotatable bonds is 4. The van der Waals surface area contributed by atoms with E-state index in [1.54, 1.807) is 7.11 Å². The zero-order valence-corrected chi connectivity index (χ0v) is 11.9. The van der Waals surface area contributed by atoms with Crippen molar-refractivity contribution in [1.29, 1.82) is 0 Å². The van der Waals surface area contributed by atoms with Crippen LogP contribution >= 0.6 is 0 Å². The zero-order chi connectivity index (χ0) is 13.9. The van der Waals surface area contributed by atoms with Gasteiger partial charge in [0.05, 0.1) is 26.4 Å². The fourth-order valence-electron chi connectivity index (χ4n) is 3.33. The maximum atomic E-state index is 10.0. The number of aliphatic hydroxyl groups excluding tert-OH is 1. The highest BCUT2D eigenvalue weighted by Crippen LogP contribution is 2.37. The molecule has 0 aromatic heterocycles. The summed E-state index contributed by atoms with van der Waals surface area (Å²) < 4.78 is 10.8. The van der Waals surface area contributed by atoms with Gasteiger partial charge in [0.25, 0.3) is 0 Å². The molecule has 1 aromatic rings. The second-order valence-electron chi connectivity index (χ2n) is 5.74. The molecule has 0 saturated carbocycles. The van der Waals surface area contributed by atoms with E-state index in [2.05, 4.69) is 18.2 Å². The average molecular weight is 274 g/mol. The summed E-state index contributed by atoms with van der Waals surface area (Å²) in [4.78, 5) is 0. The van der Waals surface area contributed by atoms with Gasteiger partial charge in [-0.15, -0.1) is 0 Å². The molecule has 1 aromatic carbocycles. The van der Waals surface area contributed by atoms with Gasteiger partial charge in [-0.3, -0.25) is 0 Å². The minimum absolute atomic E-state index is 0.219. The van der Waals surface area contributed by atoms with E-state index in [0.717, 1.165) is 31.6 Å². The van der Waals surface area contributed by atoms with Crippen LogP contribution in [0.5, 0.6) is 5.75 Å². The Bertz CT molecular complexity index is 495. The van der Waals surface area contributed by atoms with E-state index in [1.807, 2.05) is 12.1 Å². The highest BCUT2D eigenvalue weighted by atomic mass is 16.5. The quantitative estimate of drug-likeness (QED) is 0.858. The average Bonchev–Trinajstić information content (AvgIpc) is 2.97. The summed E-state index contributed by atoms with van der Waals surface area (Å²) in [7, 11) is 1.70. The third-order valence-corrected chi connectivity index (χ3v) is 4.55. The van der Waals surface area contributed by atoms with Crippen LogP contribution in [0, 0.1) is 11.8 Å². The molecule has 1 N–H and O–H groups in total. The molecule has 3 nitrogen and oxygen atoms in total. The summed E-state index contributed by atoms with van der Waals surface area (Å²) in [6.07, 6.45) is 4.84. The monoisotopic (exact) mass is 274 g/mol. The minimum atomic E-state index is -0.219. The second-order valence-corrected chi connectivity index (χ2v) is 5.74.